The van der Waals surface area contributed by atoms with E-state index in [2.05, 4.69) is 5.32 Å². The molecule has 0 unspecified atom stereocenters. The number of carbonyl (C=O) groups excluding carboxylic acids is 1. The molecule has 0 radical (unpaired) electrons. The molecular weight excluding hydrogens is 247 g/mol. The molecule has 1 aromatic rings. The Balaban J connectivity index is 2.67. The number of benzene rings is 1. The Hall–Kier alpha value is -1.72. The summed E-state index contributed by atoms with van der Waals surface area (Å²) in [7, 11) is 0. The molecule has 0 aromatic heterocycles. The molecule has 6 heteroatoms. The predicted octanol–water partition coefficient (Wildman–Crippen LogP) is 2.86. The van der Waals surface area contributed by atoms with E-state index in [0.29, 0.717) is 12.1 Å². The average molecular weight is 261 g/mol. The molecule has 0 fully saturated rings. The van der Waals surface area contributed by atoms with Gasteiger partial charge in [-0.2, -0.15) is 0 Å². The fourth-order valence-corrected chi connectivity index (χ4v) is 1.25. The molecule has 0 aliphatic heterocycles. The molecule has 0 spiro atoms. The van der Waals surface area contributed by atoms with Gasteiger partial charge >= 0.3 is 5.97 Å². The van der Waals surface area contributed by atoms with E-state index in [1.54, 1.807) is 20.8 Å². The van der Waals surface area contributed by atoms with E-state index < -0.39 is 41.3 Å². The van der Waals surface area contributed by atoms with Crippen molar-refractivity contribution in [2.45, 2.75) is 26.4 Å². The number of hydrogen-bond donors (Lipinski definition) is 1. The lowest BCUT2D eigenvalue weighted by Gasteiger charge is -2.19. The van der Waals surface area contributed by atoms with Crippen LogP contribution >= 0.6 is 0 Å². The van der Waals surface area contributed by atoms with Gasteiger partial charge in [0, 0.05) is 12.1 Å². The number of ether oxygens (including phenoxy) is 1. The summed E-state index contributed by atoms with van der Waals surface area (Å²) in [5.41, 5.74) is -1.24. The second-order valence-corrected chi connectivity index (χ2v) is 4.68. The third-order valence-electron chi connectivity index (χ3n) is 1.84. The monoisotopic (exact) mass is 261 g/mol. The Morgan fingerprint density at radius 2 is 1.72 bits per heavy atom. The minimum atomic E-state index is -1.10. The molecule has 0 heterocycles. The van der Waals surface area contributed by atoms with E-state index in [9.17, 15) is 18.0 Å². The normalized spacial score (nSPS) is 11.2. The second-order valence-electron chi connectivity index (χ2n) is 4.68. The lowest BCUT2D eigenvalue weighted by atomic mass is 10.2. The summed E-state index contributed by atoms with van der Waals surface area (Å²) in [6.07, 6.45) is 0. The molecule has 1 rings (SSSR count). The van der Waals surface area contributed by atoms with Crippen LogP contribution in [0.2, 0.25) is 0 Å². The largest absolute Gasteiger partial charge is 0.459 e. The lowest BCUT2D eigenvalue weighted by molar-refractivity contribution is -0.152. The highest BCUT2D eigenvalue weighted by Gasteiger charge is 2.17. The van der Waals surface area contributed by atoms with E-state index >= 15 is 0 Å². The topological polar surface area (TPSA) is 38.3 Å². The molecule has 100 valence electrons. The first-order chi connectivity index (χ1) is 8.19. The van der Waals surface area contributed by atoms with Gasteiger partial charge in [0.05, 0.1) is 0 Å². The van der Waals surface area contributed by atoms with Gasteiger partial charge in [-0.1, -0.05) is 0 Å². The Kier molecular flexibility index (Phi) is 4.21. The molecule has 0 amide bonds. The van der Waals surface area contributed by atoms with Crippen molar-refractivity contribution in [3.63, 3.8) is 0 Å². The van der Waals surface area contributed by atoms with Gasteiger partial charge in [-0.05, 0) is 20.8 Å². The summed E-state index contributed by atoms with van der Waals surface area (Å²) in [5.74, 6) is -3.88. The molecule has 0 bridgehead atoms. The highest BCUT2D eigenvalue weighted by atomic mass is 19.1. The van der Waals surface area contributed by atoms with E-state index in [1.165, 1.54) is 0 Å². The van der Waals surface area contributed by atoms with Crippen molar-refractivity contribution in [1.82, 2.24) is 0 Å². The summed E-state index contributed by atoms with van der Waals surface area (Å²) in [5, 5.41) is 2.24. The molecule has 1 aromatic carbocycles. The van der Waals surface area contributed by atoms with Gasteiger partial charge in [-0.3, -0.25) is 4.79 Å². The minimum absolute atomic E-state index is 0.406. The predicted molar refractivity (Wildman–Crippen MR) is 60.7 cm³/mol. The molecule has 3 nitrogen and oxygen atoms in total. The van der Waals surface area contributed by atoms with E-state index in [-0.39, 0.29) is 0 Å². The summed E-state index contributed by atoms with van der Waals surface area (Å²) in [6.45, 7) is 4.61. The summed E-state index contributed by atoms with van der Waals surface area (Å²) >= 11 is 0. The molecule has 0 aliphatic carbocycles. The second kappa shape index (κ2) is 5.29. The van der Waals surface area contributed by atoms with Crippen molar-refractivity contribution in [2.75, 3.05) is 11.9 Å². The van der Waals surface area contributed by atoms with Crippen molar-refractivity contribution < 1.29 is 22.7 Å². The van der Waals surface area contributed by atoms with Crippen LogP contribution in [0.25, 0.3) is 0 Å². The maximum atomic E-state index is 13.2. The van der Waals surface area contributed by atoms with Crippen molar-refractivity contribution >= 4 is 11.7 Å². The molecule has 0 atom stereocenters. The zero-order valence-corrected chi connectivity index (χ0v) is 10.3. The highest BCUT2D eigenvalue weighted by Crippen LogP contribution is 2.20. The minimum Gasteiger partial charge on any atom is -0.459 e. The van der Waals surface area contributed by atoms with Crippen LogP contribution in [0, 0.1) is 17.5 Å². The van der Waals surface area contributed by atoms with Gasteiger partial charge in [0.25, 0.3) is 0 Å². The van der Waals surface area contributed by atoms with Crippen molar-refractivity contribution in [3.8, 4) is 0 Å². The summed E-state index contributed by atoms with van der Waals surface area (Å²) in [4.78, 5) is 11.3. The van der Waals surface area contributed by atoms with Crippen LogP contribution in [0.3, 0.4) is 0 Å². The van der Waals surface area contributed by atoms with E-state index in [4.69, 9.17) is 4.74 Å². The van der Waals surface area contributed by atoms with Gasteiger partial charge in [0.15, 0.2) is 11.6 Å². The van der Waals surface area contributed by atoms with Crippen LogP contribution in [0.1, 0.15) is 20.8 Å². The highest BCUT2D eigenvalue weighted by molar-refractivity contribution is 5.75. The Morgan fingerprint density at radius 1 is 1.22 bits per heavy atom. The van der Waals surface area contributed by atoms with Crippen molar-refractivity contribution in [3.05, 3.63) is 29.6 Å². The number of carbonyl (C=O) groups is 1. The molecule has 18 heavy (non-hydrogen) atoms. The van der Waals surface area contributed by atoms with E-state index in [1.807, 2.05) is 0 Å². The van der Waals surface area contributed by atoms with Crippen LogP contribution in [0.15, 0.2) is 12.1 Å². The Labute approximate surface area is 103 Å². The lowest BCUT2D eigenvalue weighted by Crippen LogP contribution is -2.28. The number of halogens is 3. The Bertz CT molecular complexity index is 432. The Morgan fingerprint density at radius 3 is 2.17 bits per heavy atom. The molecule has 0 saturated carbocycles. The number of esters is 1. The number of anilines is 1. The average Bonchev–Trinajstić information content (AvgIpc) is 2.12. The fraction of sp³-hybridized carbons (Fsp3) is 0.417. The molecule has 1 N–H and O–H groups in total. The van der Waals surface area contributed by atoms with Crippen molar-refractivity contribution in [1.29, 1.82) is 0 Å². The molecular formula is C12H14F3NO2. The van der Waals surface area contributed by atoms with Crippen LogP contribution < -0.4 is 5.32 Å². The fourth-order valence-electron chi connectivity index (χ4n) is 1.25. The quantitative estimate of drug-likeness (QED) is 0.850. The zero-order chi connectivity index (χ0) is 13.9. The molecule has 0 aliphatic rings. The standard InChI is InChI=1S/C12H14F3NO2/c1-12(2,3)18-10(17)6-16-11-8(14)4-7(13)5-9(11)15/h4-5,16H,6H2,1-3H3. The van der Waals surface area contributed by atoms with Crippen LogP contribution in [-0.4, -0.2) is 18.1 Å². The maximum Gasteiger partial charge on any atom is 0.325 e. The first kappa shape index (κ1) is 14.3. The van der Waals surface area contributed by atoms with E-state index in [0.717, 1.165) is 0 Å². The smallest absolute Gasteiger partial charge is 0.325 e. The SMILES string of the molecule is CC(C)(C)OC(=O)CNc1c(F)cc(F)cc1F. The van der Waals surface area contributed by atoms with Crippen LogP contribution in [-0.2, 0) is 9.53 Å². The van der Waals surface area contributed by atoms with Crippen LogP contribution in [0.4, 0.5) is 18.9 Å². The molecule has 0 saturated heterocycles. The van der Waals surface area contributed by atoms with Gasteiger partial charge < -0.3 is 10.1 Å². The van der Waals surface area contributed by atoms with Gasteiger partial charge in [0.2, 0.25) is 0 Å². The van der Waals surface area contributed by atoms with Gasteiger partial charge in [-0.25, -0.2) is 13.2 Å². The number of hydrogen-bond acceptors (Lipinski definition) is 3. The first-order valence-corrected chi connectivity index (χ1v) is 5.29. The third kappa shape index (κ3) is 4.27. The van der Waals surface area contributed by atoms with Crippen LogP contribution in [0.5, 0.6) is 0 Å². The van der Waals surface area contributed by atoms with Gasteiger partial charge in [0.1, 0.15) is 23.7 Å². The summed E-state index contributed by atoms with van der Waals surface area (Å²) < 4.78 is 44.0. The first-order valence-electron chi connectivity index (χ1n) is 5.29. The maximum absolute atomic E-state index is 13.2. The number of nitrogens with one attached hydrogen (secondary N) is 1. The summed E-state index contributed by atoms with van der Waals surface area (Å²) in [6, 6.07) is 1.06. The zero-order valence-electron chi connectivity index (χ0n) is 10.3. The third-order valence-corrected chi connectivity index (χ3v) is 1.84. The van der Waals surface area contributed by atoms with Crippen molar-refractivity contribution in [2.24, 2.45) is 0 Å². The number of rotatable bonds is 3. The van der Waals surface area contributed by atoms with Gasteiger partial charge in [-0.15, -0.1) is 0 Å².